The molecule has 0 aliphatic carbocycles. The normalized spacial score (nSPS) is 25.5. The molecule has 0 spiro atoms. The largest absolute Gasteiger partial charge is 0.379 e. The van der Waals surface area contributed by atoms with Gasteiger partial charge in [-0.05, 0) is 18.6 Å². The van der Waals surface area contributed by atoms with Crippen molar-refractivity contribution in [3.8, 4) is 0 Å². The fourth-order valence-corrected chi connectivity index (χ4v) is 2.08. The van der Waals surface area contributed by atoms with Crippen LogP contribution < -0.4 is 10.6 Å². The van der Waals surface area contributed by atoms with Crippen molar-refractivity contribution >= 4 is 5.69 Å². The lowest BCUT2D eigenvalue weighted by Gasteiger charge is -2.38. The Bertz CT molecular complexity index is 307. The average Bonchev–Trinajstić information content (AvgIpc) is 2.79. The third-order valence-electron chi connectivity index (χ3n) is 3.32. The highest BCUT2D eigenvalue weighted by atomic mass is 16.5. The van der Waals surface area contributed by atoms with E-state index in [1.807, 2.05) is 18.2 Å². The predicted octanol–water partition coefficient (Wildman–Crippen LogP) is 1.24. The Morgan fingerprint density at radius 1 is 1.40 bits per heavy atom. The number of anilines is 1. The lowest BCUT2D eigenvalue weighted by molar-refractivity contribution is 0.178. The molecule has 3 heteroatoms. The van der Waals surface area contributed by atoms with Crippen LogP contribution in [0.5, 0.6) is 0 Å². The van der Waals surface area contributed by atoms with E-state index >= 15 is 0 Å². The van der Waals surface area contributed by atoms with E-state index in [0.717, 1.165) is 19.6 Å². The number of hydrogen-bond acceptors (Lipinski definition) is 3. The standard InChI is InChI=1S/C12H18N2O/c1-14(11-5-3-2-4-6-11)12(9-13)7-8-15-10-12/h2-6H,7-10,13H2,1H3. The van der Waals surface area contributed by atoms with E-state index in [0.29, 0.717) is 6.54 Å². The Kier molecular flexibility index (Phi) is 2.93. The zero-order valence-corrected chi connectivity index (χ0v) is 9.15. The number of benzene rings is 1. The summed E-state index contributed by atoms with van der Waals surface area (Å²) in [5.41, 5.74) is 7.08. The van der Waals surface area contributed by atoms with Crippen molar-refractivity contribution in [3.63, 3.8) is 0 Å². The van der Waals surface area contributed by atoms with Crippen LogP contribution in [0.1, 0.15) is 6.42 Å². The molecule has 1 unspecified atom stereocenters. The minimum absolute atomic E-state index is 0.0125. The maximum Gasteiger partial charge on any atom is 0.0775 e. The summed E-state index contributed by atoms with van der Waals surface area (Å²) in [6, 6.07) is 10.3. The number of para-hydroxylation sites is 1. The Morgan fingerprint density at radius 3 is 2.67 bits per heavy atom. The summed E-state index contributed by atoms with van der Waals surface area (Å²) in [6.45, 7) is 2.18. The molecule has 1 saturated heterocycles. The van der Waals surface area contributed by atoms with Gasteiger partial charge in [0.2, 0.25) is 0 Å². The van der Waals surface area contributed by atoms with Crippen LogP contribution >= 0.6 is 0 Å². The van der Waals surface area contributed by atoms with Crippen LogP contribution in [0, 0.1) is 0 Å². The smallest absolute Gasteiger partial charge is 0.0775 e. The quantitative estimate of drug-likeness (QED) is 0.808. The molecule has 0 amide bonds. The highest BCUT2D eigenvalue weighted by Crippen LogP contribution is 2.28. The van der Waals surface area contributed by atoms with Crippen LogP contribution in [-0.2, 0) is 4.74 Å². The molecule has 0 saturated carbocycles. The molecular weight excluding hydrogens is 188 g/mol. The van der Waals surface area contributed by atoms with E-state index in [1.165, 1.54) is 5.69 Å². The lowest BCUT2D eigenvalue weighted by atomic mass is 9.96. The third kappa shape index (κ3) is 1.85. The first kappa shape index (κ1) is 10.5. The molecule has 1 fully saturated rings. The maximum absolute atomic E-state index is 5.89. The zero-order chi connectivity index (χ0) is 10.7. The van der Waals surface area contributed by atoms with Gasteiger partial charge in [0.25, 0.3) is 0 Å². The number of ether oxygens (including phenoxy) is 1. The lowest BCUT2D eigenvalue weighted by Crippen LogP contribution is -2.53. The van der Waals surface area contributed by atoms with E-state index in [1.54, 1.807) is 0 Å². The molecule has 0 radical (unpaired) electrons. The van der Waals surface area contributed by atoms with Crippen LogP contribution in [0.15, 0.2) is 30.3 Å². The van der Waals surface area contributed by atoms with Gasteiger partial charge < -0.3 is 15.4 Å². The summed E-state index contributed by atoms with van der Waals surface area (Å²) in [7, 11) is 2.09. The highest BCUT2D eigenvalue weighted by Gasteiger charge is 2.37. The van der Waals surface area contributed by atoms with Crippen molar-refractivity contribution in [2.45, 2.75) is 12.0 Å². The van der Waals surface area contributed by atoms with Gasteiger partial charge in [-0.15, -0.1) is 0 Å². The first-order valence-electron chi connectivity index (χ1n) is 5.35. The first-order chi connectivity index (χ1) is 7.28. The van der Waals surface area contributed by atoms with Gasteiger partial charge in [0.05, 0.1) is 12.1 Å². The molecule has 82 valence electrons. The van der Waals surface area contributed by atoms with Crippen molar-refractivity contribution in [3.05, 3.63) is 30.3 Å². The topological polar surface area (TPSA) is 38.5 Å². The van der Waals surface area contributed by atoms with Crippen molar-refractivity contribution in [2.24, 2.45) is 5.73 Å². The summed E-state index contributed by atoms with van der Waals surface area (Å²) in [6.07, 6.45) is 1.01. The molecule has 1 aromatic carbocycles. The van der Waals surface area contributed by atoms with Gasteiger partial charge in [0.1, 0.15) is 0 Å². The fourth-order valence-electron chi connectivity index (χ4n) is 2.08. The van der Waals surface area contributed by atoms with Gasteiger partial charge in [-0.1, -0.05) is 18.2 Å². The summed E-state index contributed by atoms with van der Waals surface area (Å²) in [5.74, 6) is 0. The van der Waals surface area contributed by atoms with Crippen LogP contribution in [0.4, 0.5) is 5.69 Å². The molecule has 1 aliphatic heterocycles. The van der Waals surface area contributed by atoms with Gasteiger partial charge in [0.15, 0.2) is 0 Å². The maximum atomic E-state index is 5.89. The van der Waals surface area contributed by atoms with Crippen LogP contribution in [0.3, 0.4) is 0 Å². The van der Waals surface area contributed by atoms with E-state index in [4.69, 9.17) is 10.5 Å². The molecule has 2 N–H and O–H groups in total. The number of likely N-dealkylation sites (N-methyl/N-ethyl adjacent to an activating group) is 1. The number of hydrogen-bond donors (Lipinski definition) is 1. The Labute approximate surface area is 90.8 Å². The van der Waals surface area contributed by atoms with Gasteiger partial charge in [0, 0.05) is 25.9 Å². The third-order valence-corrected chi connectivity index (χ3v) is 3.32. The van der Waals surface area contributed by atoms with E-state index < -0.39 is 0 Å². The van der Waals surface area contributed by atoms with E-state index in [-0.39, 0.29) is 5.54 Å². The molecule has 1 heterocycles. The molecule has 0 aromatic heterocycles. The van der Waals surface area contributed by atoms with Gasteiger partial charge >= 0.3 is 0 Å². The van der Waals surface area contributed by atoms with Crippen LogP contribution in [0.2, 0.25) is 0 Å². The Hall–Kier alpha value is -1.06. The monoisotopic (exact) mass is 206 g/mol. The Balaban J connectivity index is 2.22. The first-order valence-corrected chi connectivity index (χ1v) is 5.35. The van der Waals surface area contributed by atoms with E-state index in [2.05, 4.69) is 24.1 Å². The minimum atomic E-state index is -0.0125. The van der Waals surface area contributed by atoms with Gasteiger partial charge in [-0.3, -0.25) is 0 Å². The second-order valence-corrected chi connectivity index (χ2v) is 4.13. The zero-order valence-electron chi connectivity index (χ0n) is 9.15. The molecule has 15 heavy (non-hydrogen) atoms. The SMILES string of the molecule is CN(c1ccccc1)C1(CN)CCOC1. The molecule has 1 aliphatic rings. The molecule has 2 rings (SSSR count). The molecule has 1 atom stereocenters. The predicted molar refractivity (Wildman–Crippen MR) is 62.1 cm³/mol. The second-order valence-electron chi connectivity index (χ2n) is 4.13. The van der Waals surface area contributed by atoms with Crippen LogP contribution in [-0.4, -0.2) is 32.3 Å². The van der Waals surface area contributed by atoms with Gasteiger partial charge in [-0.25, -0.2) is 0 Å². The molecule has 3 nitrogen and oxygen atoms in total. The number of nitrogens with zero attached hydrogens (tertiary/aromatic N) is 1. The highest BCUT2D eigenvalue weighted by molar-refractivity contribution is 5.48. The van der Waals surface area contributed by atoms with Crippen LogP contribution in [0.25, 0.3) is 0 Å². The summed E-state index contributed by atoms with van der Waals surface area (Å²) in [5, 5.41) is 0. The summed E-state index contributed by atoms with van der Waals surface area (Å²) in [4.78, 5) is 2.25. The molecule has 1 aromatic rings. The van der Waals surface area contributed by atoms with Crippen molar-refractivity contribution in [1.29, 1.82) is 0 Å². The molecular formula is C12H18N2O. The second kappa shape index (κ2) is 4.21. The van der Waals surface area contributed by atoms with Crippen molar-refractivity contribution < 1.29 is 4.74 Å². The van der Waals surface area contributed by atoms with Crippen molar-refractivity contribution in [1.82, 2.24) is 0 Å². The fraction of sp³-hybridized carbons (Fsp3) is 0.500. The van der Waals surface area contributed by atoms with Gasteiger partial charge in [-0.2, -0.15) is 0 Å². The van der Waals surface area contributed by atoms with Crippen molar-refractivity contribution in [2.75, 3.05) is 31.7 Å². The minimum Gasteiger partial charge on any atom is -0.379 e. The number of nitrogens with two attached hydrogens (primary N) is 1. The average molecular weight is 206 g/mol. The summed E-state index contributed by atoms with van der Waals surface area (Å²) < 4.78 is 5.47. The number of rotatable bonds is 3. The van der Waals surface area contributed by atoms with E-state index in [9.17, 15) is 0 Å². The Morgan fingerprint density at radius 2 is 2.13 bits per heavy atom. The summed E-state index contributed by atoms with van der Waals surface area (Å²) >= 11 is 0. The molecule has 0 bridgehead atoms.